The zero-order valence-corrected chi connectivity index (χ0v) is 15.5. The van der Waals surface area contributed by atoms with Crippen molar-refractivity contribution < 1.29 is 4.92 Å². The lowest BCUT2D eigenvalue weighted by atomic mass is 9.90. The molecule has 28 heavy (non-hydrogen) atoms. The van der Waals surface area contributed by atoms with Crippen LogP contribution in [0.25, 0.3) is 5.69 Å². The fraction of sp³-hybridized carbons (Fsp3) is 0.350. The predicted molar refractivity (Wildman–Crippen MR) is 104 cm³/mol. The standard InChI is InChI=1S/C20H22N6O2/c27-26(28)19-8-4-7-18(14-19)25-20(21-22-23-25)15-24-11-9-17(10-12-24)13-16-5-2-1-3-6-16/h1-8,14,17H,9-13,15H2. The minimum absolute atomic E-state index is 0.0284. The van der Waals surface area contributed by atoms with Gasteiger partial charge in [0, 0.05) is 12.1 Å². The van der Waals surface area contributed by atoms with E-state index >= 15 is 0 Å². The van der Waals surface area contributed by atoms with E-state index in [1.165, 1.54) is 17.7 Å². The van der Waals surface area contributed by atoms with Crippen LogP contribution in [0.2, 0.25) is 0 Å². The Bertz CT molecular complexity index is 935. The lowest BCUT2D eigenvalue weighted by molar-refractivity contribution is -0.384. The zero-order valence-electron chi connectivity index (χ0n) is 15.5. The summed E-state index contributed by atoms with van der Waals surface area (Å²) in [6.07, 6.45) is 3.42. The molecule has 0 saturated carbocycles. The van der Waals surface area contributed by atoms with Gasteiger partial charge in [-0.1, -0.05) is 36.4 Å². The third-order valence-electron chi connectivity index (χ3n) is 5.26. The molecule has 144 valence electrons. The second-order valence-corrected chi connectivity index (χ2v) is 7.19. The summed E-state index contributed by atoms with van der Waals surface area (Å²) in [4.78, 5) is 13.0. The summed E-state index contributed by atoms with van der Waals surface area (Å²) in [6.45, 7) is 2.63. The number of rotatable bonds is 6. The summed E-state index contributed by atoms with van der Waals surface area (Å²) in [6, 6.07) is 17.0. The van der Waals surface area contributed by atoms with Crippen LogP contribution >= 0.6 is 0 Å². The number of nitro groups is 1. The number of tetrazole rings is 1. The largest absolute Gasteiger partial charge is 0.296 e. The molecule has 2 heterocycles. The van der Waals surface area contributed by atoms with Crippen molar-refractivity contribution in [2.45, 2.75) is 25.8 Å². The van der Waals surface area contributed by atoms with Gasteiger partial charge in [-0.15, -0.1) is 5.10 Å². The molecular formula is C20H22N6O2. The summed E-state index contributed by atoms with van der Waals surface area (Å²) in [5.41, 5.74) is 2.03. The maximum Gasteiger partial charge on any atom is 0.271 e. The number of non-ortho nitro benzene ring substituents is 1. The monoisotopic (exact) mass is 378 g/mol. The molecule has 2 aromatic carbocycles. The normalized spacial score (nSPS) is 15.6. The molecular weight excluding hydrogens is 356 g/mol. The fourth-order valence-corrected chi connectivity index (χ4v) is 3.74. The Morgan fingerprint density at radius 3 is 2.61 bits per heavy atom. The van der Waals surface area contributed by atoms with Gasteiger partial charge in [-0.25, -0.2) is 0 Å². The van der Waals surface area contributed by atoms with E-state index in [0.29, 0.717) is 24.0 Å². The van der Waals surface area contributed by atoms with E-state index in [2.05, 4.69) is 50.8 Å². The first-order valence-electron chi connectivity index (χ1n) is 9.47. The molecule has 3 aromatic rings. The van der Waals surface area contributed by atoms with E-state index < -0.39 is 4.92 Å². The van der Waals surface area contributed by atoms with Crippen LogP contribution in [0, 0.1) is 16.0 Å². The minimum Gasteiger partial charge on any atom is -0.296 e. The molecule has 1 aromatic heterocycles. The molecule has 0 N–H and O–H groups in total. The molecule has 0 aliphatic carbocycles. The Hall–Kier alpha value is -3.13. The highest BCUT2D eigenvalue weighted by atomic mass is 16.6. The van der Waals surface area contributed by atoms with Crippen molar-refractivity contribution in [2.24, 2.45) is 5.92 Å². The Morgan fingerprint density at radius 2 is 1.86 bits per heavy atom. The molecule has 1 aliphatic rings. The van der Waals surface area contributed by atoms with Crippen molar-refractivity contribution in [3.63, 3.8) is 0 Å². The number of piperidine rings is 1. The third kappa shape index (κ3) is 4.23. The molecule has 1 saturated heterocycles. The van der Waals surface area contributed by atoms with Crippen molar-refractivity contribution in [3.05, 3.63) is 76.1 Å². The molecule has 0 spiro atoms. The number of nitro benzene ring substituents is 1. The lowest BCUT2D eigenvalue weighted by Gasteiger charge is -2.31. The maximum absolute atomic E-state index is 11.0. The predicted octanol–water partition coefficient (Wildman–Crippen LogP) is 3.03. The third-order valence-corrected chi connectivity index (χ3v) is 5.26. The van der Waals surface area contributed by atoms with Crippen LogP contribution in [0.5, 0.6) is 0 Å². The summed E-state index contributed by atoms with van der Waals surface area (Å²) in [7, 11) is 0. The van der Waals surface area contributed by atoms with Crippen LogP contribution in [0.4, 0.5) is 5.69 Å². The van der Waals surface area contributed by atoms with Crippen LogP contribution < -0.4 is 0 Å². The van der Waals surface area contributed by atoms with E-state index in [1.807, 2.05) is 0 Å². The van der Waals surface area contributed by atoms with E-state index in [1.54, 1.807) is 16.8 Å². The molecule has 0 amide bonds. The second-order valence-electron chi connectivity index (χ2n) is 7.19. The number of hydrogen-bond donors (Lipinski definition) is 0. The Morgan fingerprint density at radius 1 is 1.07 bits per heavy atom. The van der Waals surface area contributed by atoms with Gasteiger partial charge in [0.1, 0.15) is 0 Å². The molecule has 8 heteroatoms. The van der Waals surface area contributed by atoms with E-state index in [9.17, 15) is 10.1 Å². The Balaban J connectivity index is 1.38. The van der Waals surface area contributed by atoms with Gasteiger partial charge in [-0.2, -0.15) is 4.68 Å². The molecule has 8 nitrogen and oxygen atoms in total. The topological polar surface area (TPSA) is 90.0 Å². The van der Waals surface area contributed by atoms with Gasteiger partial charge in [0.15, 0.2) is 5.82 Å². The SMILES string of the molecule is O=[N+]([O-])c1cccc(-n2nnnc2CN2CCC(Cc3ccccc3)CC2)c1. The first-order chi connectivity index (χ1) is 13.7. The Kier molecular flexibility index (Phi) is 5.38. The number of benzene rings is 2. The van der Waals surface area contributed by atoms with E-state index in [-0.39, 0.29) is 5.69 Å². The minimum atomic E-state index is -0.412. The van der Waals surface area contributed by atoms with E-state index in [0.717, 1.165) is 32.4 Å². The van der Waals surface area contributed by atoms with Gasteiger partial charge in [-0.3, -0.25) is 15.0 Å². The lowest BCUT2D eigenvalue weighted by Crippen LogP contribution is -2.34. The Labute approximate surface area is 162 Å². The maximum atomic E-state index is 11.0. The van der Waals surface area contributed by atoms with Crippen molar-refractivity contribution in [1.82, 2.24) is 25.1 Å². The van der Waals surface area contributed by atoms with Gasteiger partial charge in [0.25, 0.3) is 5.69 Å². The van der Waals surface area contributed by atoms with Crippen LogP contribution in [0.15, 0.2) is 54.6 Å². The zero-order chi connectivity index (χ0) is 19.3. The van der Waals surface area contributed by atoms with Gasteiger partial charge in [0.2, 0.25) is 0 Å². The van der Waals surface area contributed by atoms with Gasteiger partial charge in [0.05, 0.1) is 17.2 Å². The van der Waals surface area contributed by atoms with Crippen LogP contribution in [-0.2, 0) is 13.0 Å². The van der Waals surface area contributed by atoms with Gasteiger partial charge in [-0.05, 0) is 60.3 Å². The van der Waals surface area contributed by atoms with Gasteiger partial charge < -0.3 is 0 Å². The summed E-state index contributed by atoms with van der Waals surface area (Å²) < 4.78 is 1.59. The molecule has 0 radical (unpaired) electrons. The average Bonchev–Trinajstić information content (AvgIpc) is 3.18. The highest BCUT2D eigenvalue weighted by Gasteiger charge is 2.22. The summed E-state index contributed by atoms with van der Waals surface area (Å²) in [5.74, 6) is 1.40. The van der Waals surface area contributed by atoms with Crippen molar-refractivity contribution in [2.75, 3.05) is 13.1 Å². The first-order valence-corrected chi connectivity index (χ1v) is 9.47. The number of hydrogen-bond acceptors (Lipinski definition) is 6. The molecule has 0 atom stereocenters. The average molecular weight is 378 g/mol. The van der Waals surface area contributed by atoms with Crippen LogP contribution in [0.1, 0.15) is 24.2 Å². The molecule has 4 rings (SSSR count). The fourth-order valence-electron chi connectivity index (χ4n) is 3.74. The van der Waals surface area contributed by atoms with Crippen molar-refractivity contribution >= 4 is 5.69 Å². The van der Waals surface area contributed by atoms with Crippen molar-refractivity contribution in [3.8, 4) is 5.69 Å². The summed E-state index contributed by atoms with van der Waals surface area (Å²) in [5, 5.41) is 23.0. The van der Waals surface area contributed by atoms with Crippen molar-refractivity contribution in [1.29, 1.82) is 0 Å². The molecule has 0 bridgehead atoms. The summed E-state index contributed by atoms with van der Waals surface area (Å²) >= 11 is 0. The first kappa shape index (κ1) is 18.2. The quantitative estimate of drug-likeness (QED) is 0.484. The smallest absolute Gasteiger partial charge is 0.271 e. The van der Waals surface area contributed by atoms with Crippen LogP contribution in [0.3, 0.4) is 0 Å². The number of likely N-dealkylation sites (tertiary alicyclic amines) is 1. The second kappa shape index (κ2) is 8.26. The van der Waals surface area contributed by atoms with E-state index in [4.69, 9.17) is 0 Å². The number of nitrogens with zero attached hydrogens (tertiary/aromatic N) is 6. The molecule has 1 fully saturated rings. The van der Waals surface area contributed by atoms with Gasteiger partial charge >= 0.3 is 0 Å². The number of aromatic nitrogens is 4. The van der Waals surface area contributed by atoms with Crippen LogP contribution in [-0.4, -0.2) is 43.1 Å². The molecule has 0 unspecified atom stereocenters. The highest BCUT2D eigenvalue weighted by Crippen LogP contribution is 2.23. The highest BCUT2D eigenvalue weighted by molar-refractivity contribution is 5.42. The molecule has 1 aliphatic heterocycles.